The lowest BCUT2D eigenvalue weighted by Crippen LogP contribution is -2.03. The number of thiophene rings is 1. The minimum atomic E-state index is -0.316. The highest BCUT2D eigenvalue weighted by Crippen LogP contribution is 2.26. The summed E-state index contributed by atoms with van der Waals surface area (Å²) in [5.74, 6) is 0.133. The Morgan fingerprint density at radius 1 is 1.14 bits per heavy atom. The molecule has 0 fully saturated rings. The van der Waals surface area contributed by atoms with Crippen LogP contribution < -0.4 is 4.74 Å². The number of ether oxygens (including phenoxy) is 2. The van der Waals surface area contributed by atoms with Crippen molar-refractivity contribution >= 4 is 23.1 Å². The molecule has 0 aliphatic heterocycles. The predicted octanol–water partition coefficient (Wildman–Crippen LogP) is 3.01. The van der Waals surface area contributed by atoms with Crippen molar-refractivity contribution in [3.8, 4) is 5.75 Å². The molecule has 0 amide bonds. The van der Waals surface area contributed by atoms with Gasteiger partial charge in [-0.3, -0.25) is 9.59 Å². The van der Waals surface area contributed by atoms with Crippen molar-refractivity contribution < 1.29 is 19.1 Å². The number of hydrogen-bond donors (Lipinski definition) is 0. The SMILES string of the molecule is COC(=O)Cc1ccc(C(=O)c2cc(C)ccc2OC)s1. The van der Waals surface area contributed by atoms with Crippen LogP contribution in [0.2, 0.25) is 0 Å². The maximum Gasteiger partial charge on any atom is 0.310 e. The first-order valence-corrected chi connectivity index (χ1v) is 7.21. The van der Waals surface area contributed by atoms with E-state index in [9.17, 15) is 9.59 Å². The summed E-state index contributed by atoms with van der Waals surface area (Å²) in [4.78, 5) is 25.2. The summed E-state index contributed by atoms with van der Waals surface area (Å²) in [6.07, 6.45) is 0.180. The molecule has 2 aromatic rings. The number of carbonyl (C=O) groups is 2. The van der Waals surface area contributed by atoms with Gasteiger partial charge >= 0.3 is 5.97 Å². The van der Waals surface area contributed by atoms with Gasteiger partial charge in [0.15, 0.2) is 0 Å². The van der Waals surface area contributed by atoms with Crippen LogP contribution in [0.5, 0.6) is 5.75 Å². The fourth-order valence-corrected chi connectivity index (χ4v) is 2.89. The Bertz CT molecular complexity index is 673. The van der Waals surface area contributed by atoms with E-state index < -0.39 is 0 Å². The molecule has 0 saturated heterocycles. The highest BCUT2D eigenvalue weighted by atomic mass is 32.1. The molecule has 0 radical (unpaired) electrons. The molecule has 1 heterocycles. The van der Waals surface area contributed by atoms with Crippen LogP contribution in [0.4, 0.5) is 0 Å². The van der Waals surface area contributed by atoms with Crippen LogP contribution in [-0.4, -0.2) is 26.0 Å². The lowest BCUT2D eigenvalue weighted by Gasteiger charge is -2.07. The molecule has 1 aromatic carbocycles. The molecule has 4 nitrogen and oxygen atoms in total. The van der Waals surface area contributed by atoms with Crippen molar-refractivity contribution in [2.75, 3.05) is 14.2 Å². The standard InChI is InChI=1S/C16H16O4S/c1-10-4-6-13(19-2)12(8-10)16(18)14-7-5-11(21-14)9-15(17)20-3/h4-8H,9H2,1-3H3. The average molecular weight is 304 g/mol. The molecular formula is C16H16O4S. The van der Waals surface area contributed by atoms with E-state index in [2.05, 4.69) is 4.74 Å². The van der Waals surface area contributed by atoms with E-state index in [0.29, 0.717) is 16.2 Å². The van der Waals surface area contributed by atoms with E-state index >= 15 is 0 Å². The van der Waals surface area contributed by atoms with Crippen LogP contribution in [0.25, 0.3) is 0 Å². The number of rotatable bonds is 5. The van der Waals surface area contributed by atoms with Gasteiger partial charge in [-0.25, -0.2) is 0 Å². The molecule has 0 aliphatic rings. The summed E-state index contributed by atoms with van der Waals surface area (Å²) in [6.45, 7) is 1.92. The zero-order valence-corrected chi connectivity index (χ0v) is 13.0. The van der Waals surface area contributed by atoms with Gasteiger partial charge in [-0.15, -0.1) is 11.3 Å². The molecular weight excluding hydrogens is 288 g/mol. The van der Waals surface area contributed by atoms with Crippen molar-refractivity contribution in [3.05, 3.63) is 51.2 Å². The number of methoxy groups -OCH3 is 2. The van der Waals surface area contributed by atoms with Gasteiger partial charge in [-0.2, -0.15) is 0 Å². The third-order valence-electron chi connectivity index (χ3n) is 3.03. The Balaban J connectivity index is 2.28. The van der Waals surface area contributed by atoms with Crippen molar-refractivity contribution in [2.45, 2.75) is 13.3 Å². The first kappa shape index (κ1) is 15.3. The van der Waals surface area contributed by atoms with E-state index in [1.54, 1.807) is 31.4 Å². The molecule has 0 bridgehead atoms. The highest BCUT2D eigenvalue weighted by Gasteiger charge is 2.17. The molecule has 0 spiro atoms. The monoisotopic (exact) mass is 304 g/mol. The average Bonchev–Trinajstić information content (AvgIpc) is 2.94. The lowest BCUT2D eigenvalue weighted by atomic mass is 10.1. The predicted molar refractivity (Wildman–Crippen MR) is 81.2 cm³/mol. The van der Waals surface area contributed by atoms with Gasteiger partial charge < -0.3 is 9.47 Å². The zero-order chi connectivity index (χ0) is 15.4. The summed E-state index contributed by atoms with van der Waals surface area (Å²) in [7, 11) is 2.89. The molecule has 0 aliphatic carbocycles. The van der Waals surface area contributed by atoms with Crippen molar-refractivity contribution in [3.63, 3.8) is 0 Å². The van der Waals surface area contributed by atoms with Crippen molar-refractivity contribution in [1.29, 1.82) is 0 Å². The van der Waals surface area contributed by atoms with E-state index in [-0.39, 0.29) is 18.2 Å². The summed E-state index contributed by atoms with van der Waals surface area (Å²) >= 11 is 1.30. The molecule has 1 aromatic heterocycles. The third kappa shape index (κ3) is 3.49. The lowest BCUT2D eigenvalue weighted by molar-refractivity contribution is -0.139. The van der Waals surface area contributed by atoms with Crippen molar-refractivity contribution in [2.24, 2.45) is 0 Å². The van der Waals surface area contributed by atoms with Gasteiger partial charge in [0.05, 0.1) is 31.1 Å². The summed E-state index contributed by atoms with van der Waals surface area (Å²) in [5.41, 5.74) is 1.52. The second kappa shape index (κ2) is 6.54. The fourth-order valence-electron chi connectivity index (χ4n) is 1.94. The Kier molecular flexibility index (Phi) is 4.75. The summed E-state index contributed by atoms with van der Waals surface area (Å²) in [5, 5.41) is 0. The van der Waals surface area contributed by atoms with Gasteiger partial charge in [-0.1, -0.05) is 11.6 Å². The Labute approximate surface area is 127 Å². The van der Waals surface area contributed by atoms with Crippen LogP contribution in [0.15, 0.2) is 30.3 Å². The molecule has 110 valence electrons. The molecule has 5 heteroatoms. The summed E-state index contributed by atoms with van der Waals surface area (Å²) < 4.78 is 9.86. The molecule has 0 saturated carbocycles. The highest BCUT2D eigenvalue weighted by molar-refractivity contribution is 7.14. The zero-order valence-electron chi connectivity index (χ0n) is 12.1. The van der Waals surface area contributed by atoms with Crippen LogP contribution in [-0.2, 0) is 16.0 Å². The maximum absolute atomic E-state index is 12.6. The number of esters is 1. The second-order valence-electron chi connectivity index (χ2n) is 4.55. The van der Waals surface area contributed by atoms with Gasteiger partial charge in [0.25, 0.3) is 0 Å². The van der Waals surface area contributed by atoms with Gasteiger partial charge in [0.2, 0.25) is 5.78 Å². The van der Waals surface area contributed by atoms with E-state index in [1.165, 1.54) is 18.4 Å². The summed E-state index contributed by atoms with van der Waals surface area (Å²) in [6, 6.07) is 8.99. The largest absolute Gasteiger partial charge is 0.496 e. The van der Waals surface area contributed by atoms with Crippen LogP contribution >= 0.6 is 11.3 Å². The van der Waals surface area contributed by atoms with E-state index in [1.807, 2.05) is 13.0 Å². The van der Waals surface area contributed by atoms with E-state index in [0.717, 1.165) is 10.4 Å². The molecule has 0 N–H and O–H groups in total. The number of hydrogen-bond acceptors (Lipinski definition) is 5. The second-order valence-corrected chi connectivity index (χ2v) is 5.72. The van der Waals surface area contributed by atoms with Crippen LogP contribution in [0.1, 0.15) is 25.7 Å². The van der Waals surface area contributed by atoms with Crippen LogP contribution in [0.3, 0.4) is 0 Å². The number of benzene rings is 1. The molecule has 21 heavy (non-hydrogen) atoms. The fraction of sp³-hybridized carbons (Fsp3) is 0.250. The smallest absolute Gasteiger partial charge is 0.310 e. The first-order valence-electron chi connectivity index (χ1n) is 6.40. The Morgan fingerprint density at radius 3 is 2.57 bits per heavy atom. The number of aryl methyl sites for hydroxylation is 1. The quantitative estimate of drug-likeness (QED) is 0.629. The minimum Gasteiger partial charge on any atom is -0.496 e. The van der Waals surface area contributed by atoms with Gasteiger partial charge in [-0.05, 0) is 31.2 Å². The van der Waals surface area contributed by atoms with E-state index in [4.69, 9.17) is 4.74 Å². The molecule has 0 atom stereocenters. The number of ketones is 1. The number of carbonyl (C=O) groups excluding carboxylic acids is 2. The van der Waals surface area contributed by atoms with Gasteiger partial charge in [0, 0.05) is 4.88 Å². The van der Waals surface area contributed by atoms with Gasteiger partial charge in [0.1, 0.15) is 5.75 Å². The topological polar surface area (TPSA) is 52.6 Å². The van der Waals surface area contributed by atoms with Crippen LogP contribution in [0, 0.1) is 6.92 Å². The Hall–Kier alpha value is -2.14. The Morgan fingerprint density at radius 2 is 1.90 bits per heavy atom. The first-order chi connectivity index (χ1) is 10.0. The third-order valence-corrected chi connectivity index (χ3v) is 4.12. The molecule has 0 unspecified atom stereocenters. The molecule has 2 rings (SSSR count). The van der Waals surface area contributed by atoms with Crippen molar-refractivity contribution in [1.82, 2.24) is 0 Å². The minimum absolute atomic E-state index is 0.100. The maximum atomic E-state index is 12.6. The normalized spacial score (nSPS) is 10.2.